The first-order valence-electron chi connectivity index (χ1n) is 7.35. The molecule has 7 nitrogen and oxygen atoms in total. The predicted molar refractivity (Wildman–Crippen MR) is 84.2 cm³/mol. The number of carboxylic acid groups (broad SMARTS) is 2. The summed E-state index contributed by atoms with van der Waals surface area (Å²) in [5.74, 6) is -4.39. The lowest BCUT2D eigenvalue weighted by molar-refractivity contribution is -0.156. The highest BCUT2D eigenvalue weighted by atomic mass is 79.9. The third-order valence-corrected chi connectivity index (χ3v) is 8.46. The van der Waals surface area contributed by atoms with Gasteiger partial charge in [-0.15, -0.1) is 0 Å². The van der Waals surface area contributed by atoms with E-state index in [4.69, 9.17) is 5.11 Å². The van der Waals surface area contributed by atoms with Crippen molar-refractivity contribution in [2.45, 2.75) is 35.0 Å². The second-order valence-corrected chi connectivity index (χ2v) is 8.45. The molecule has 3 fully saturated rings. The SMILES string of the molecule is O=C(O)CC[C@@H](C(=O)O)N1C(=O)[C@@H]2[C@@H]3C[C@@H]([C@@H](Br)[C@H]3Br)[C@@H]2C1=O. The molecule has 0 unspecified atom stereocenters. The number of amides is 2. The number of halogens is 2. The average molecular weight is 453 g/mol. The van der Waals surface area contributed by atoms with Crippen molar-refractivity contribution < 1.29 is 29.4 Å². The number of aliphatic carboxylic acids is 2. The summed E-state index contributed by atoms with van der Waals surface area (Å²) in [6.45, 7) is 0. The standard InChI is InChI=1S/C14H15Br2NO6/c15-10-4-3-5(11(10)16)9-8(4)12(20)17(13(9)21)6(14(22)23)1-2-7(18)19/h4-6,8-11H,1-3H2,(H,18,19)(H,22,23)/t4-,5+,6-,8+,9-,10-,11+/m0/s1. The summed E-state index contributed by atoms with van der Waals surface area (Å²) in [7, 11) is 0. The molecule has 7 atom stereocenters. The van der Waals surface area contributed by atoms with Gasteiger partial charge in [-0.1, -0.05) is 31.9 Å². The smallest absolute Gasteiger partial charge is 0.326 e. The zero-order valence-electron chi connectivity index (χ0n) is 11.9. The molecule has 3 rings (SSSR count). The summed E-state index contributed by atoms with van der Waals surface area (Å²) in [6, 6.07) is -1.40. The lowest BCUT2D eigenvalue weighted by Gasteiger charge is -2.28. The molecule has 126 valence electrons. The van der Waals surface area contributed by atoms with Crippen LogP contribution >= 0.6 is 31.9 Å². The van der Waals surface area contributed by atoms with Crippen LogP contribution in [-0.2, 0) is 19.2 Å². The highest BCUT2D eigenvalue weighted by Crippen LogP contribution is 2.60. The van der Waals surface area contributed by atoms with E-state index < -0.39 is 48.1 Å². The first-order valence-corrected chi connectivity index (χ1v) is 9.18. The van der Waals surface area contributed by atoms with Gasteiger partial charge in [0.15, 0.2) is 0 Å². The molecular formula is C14H15Br2NO6. The lowest BCUT2D eigenvalue weighted by atomic mass is 9.81. The molecule has 0 radical (unpaired) electrons. The Balaban J connectivity index is 1.87. The number of carbonyl (C=O) groups is 4. The zero-order valence-corrected chi connectivity index (χ0v) is 15.1. The number of fused-ring (bicyclic) bond motifs is 5. The molecule has 1 heterocycles. The number of hydrogen-bond donors (Lipinski definition) is 2. The van der Waals surface area contributed by atoms with Gasteiger partial charge in [0.1, 0.15) is 6.04 Å². The first-order chi connectivity index (χ1) is 10.8. The summed E-state index contributed by atoms with van der Waals surface area (Å²) in [5, 5.41) is 18.1. The van der Waals surface area contributed by atoms with Gasteiger partial charge < -0.3 is 10.2 Å². The third kappa shape index (κ3) is 2.43. The normalized spacial score (nSPS) is 39.7. The average Bonchev–Trinajstić information content (AvgIpc) is 3.06. The van der Waals surface area contributed by atoms with E-state index in [1.807, 2.05) is 0 Å². The van der Waals surface area contributed by atoms with Crippen molar-refractivity contribution in [2.75, 3.05) is 0 Å². The fourth-order valence-corrected chi connectivity index (χ4v) is 6.18. The van der Waals surface area contributed by atoms with Crippen molar-refractivity contribution in [3.05, 3.63) is 0 Å². The number of nitrogens with zero attached hydrogens (tertiary/aromatic N) is 1. The largest absolute Gasteiger partial charge is 0.481 e. The van der Waals surface area contributed by atoms with E-state index in [1.165, 1.54) is 0 Å². The van der Waals surface area contributed by atoms with Crippen LogP contribution in [0.5, 0.6) is 0 Å². The van der Waals surface area contributed by atoms with Crippen molar-refractivity contribution in [1.82, 2.24) is 4.90 Å². The lowest BCUT2D eigenvalue weighted by Crippen LogP contribution is -2.46. The van der Waals surface area contributed by atoms with Gasteiger partial charge in [-0.25, -0.2) is 4.79 Å². The maximum absolute atomic E-state index is 12.7. The molecule has 0 spiro atoms. The Bertz CT molecular complexity index is 564. The monoisotopic (exact) mass is 451 g/mol. The topological polar surface area (TPSA) is 112 Å². The fourth-order valence-electron chi connectivity index (χ4n) is 4.30. The minimum atomic E-state index is -1.40. The molecule has 0 aromatic rings. The first kappa shape index (κ1) is 16.9. The van der Waals surface area contributed by atoms with Gasteiger partial charge >= 0.3 is 11.9 Å². The number of rotatable bonds is 5. The van der Waals surface area contributed by atoms with Gasteiger partial charge in [0.25, 0.3) is 0 Å². The second-order valence-electron chi connectivity index (χ2n) is 6.34. The molecule has 1 saturated heterocycles. The summed E-state index contributed by atoms with van der Waals surface area (Å²) >= 11 is 7.11. The van der Waals surface area contributed by atoms with Crippen LogP contribution in [-0.4, -0.2) is 54.6 Å². The van der Waals surface area contributed by atoms with E-state index in [2.05, 4.69) is 31.9 Å². The summed E-state index contributed by atoms with van der Waals surface area (Å²) < 4.78 is 0. The zero-order chi connectivity index (χ0) is 17.0. The number of carboxylic acids is 2. The maximum atomic E-state index is 12.7. The molecule has 0 aromatic heterocycles. The predicted octanol–water partition coefficient (Wildman–Crippen LogP) is 1.08. The Morgan fingerprint density at radius 2 is 1.57 bits per heavy atom. The summed E-state index contributed by atoms with van der Waals surface area (Å²) in [4.78, 5) is 48.5. The Morgan fingerprint density at radius 1 is 1.09 bits per heavy atom. The highest BCUT2D eigenvalue weighted by molar-refractivity contribution is 9.12. The van der Waals surface area contributed by atoms with Gasteiger partial charge in [0, 0.05) is 16.1 Å². The van der Waals surface area contributed by atoms with Crippen LogP contribution in [0.15, 0.2) is 0 Å². The summed E-state index contributed by atoms with van der Waals surface area (Å²) in [6.07, 6.45) is 0.0874. The highest BCUT2D eigenvalue weighted by Gasteiger charge is 2.67. The van der Waals surface area contributed by atoms with Crippen LogP contribution in [0, 0.1) is 23.7 Å². The van der Waals surface area contributed by atoms with Crippen LogP contribution < -0.4 is 0 Å². The summed E-state index contributed by atoms with van der Waals surface area (Å²) in [5.41, 5.74) is 0. The molecule has 2 aliphatic carbocycles. The van der Waals surface area contributed by atoms with Gasteiger partial charge in [-0.05, 0) is 24.7 Å². The number of alkyl halides is 2. The van der Waals surface area contributed by atoms with Crippen LogP contribution in [0.2, 0.25) is 0 Å². The van der Waals surface area contributed by atoms with Crippen molar-refractivity contribution in [1.29, 1.82) is 0 Å². The van der Waals surface area contributed by atoms with Gasteiger partial charge in [-0.3, -0.25) is 19.3 Å². The number of hydrogen-bond acceptors (Lipinski definition) is 4. The van der Waals surface area contributed by atoms with Crippen LogP contribution in [0.4, 0.5) is 0 Å². The molecule has 2 bridgehead atoms. The van der Waals surface area contributed by atoms with E-state index in [0.29, 0.717) is 0 Å². The van der Waals surface area contributed by atoms with Gasteiger partial charge in [-0.2, -0.15) is 0 Å². The van der Waals surface area contributed by atoms with Crippen LogP contribution in [0.25, 0.3) is 0 Å². The second kappa shape index (κ2) is 5.84. The van der Waals surface area contributed by atoms with Gasteiger partial charge in [0.05, 0.1) is 11.8 Å². The Morgan fingerprint density at radius 3 is 1.96 bits per heavy atom. The Labute approximate surface area is 148 Å². The maximum Gasteiger partial charge on any atom is 0.326 e. The molecule has 0 aromatic carbocycles. The number of imide groups is 1. The van der Waals surface area contributed by atoms with E-state index in [-0.39, 0.29) is 27.9 Å². The van der Waals surface area contributed by atoms with E-state index in [1.54, 1.807) is 0 Å². The van der Waals surface area contributed by atoms with Crippen LogP contribution in [0.3, 0.4) is 0 Å². The van der Waals surface area contributed by atoms with Crippen molar-refractivity contribution in [2.24, 2.45) is 23.7 Å². The molecule has 2 saturated carbocycles. The molecule has 2 N–H and O–H groups in total. The number of carbonyl (C=O) groups excluding carboxylic acids is 2. The molecule has 1 aliphatic heterocycles. The minimum absolute atomic E-state index is 0.00439. The third-order valence-electron chi connectivity index (χ3n) is 5.25. The quantitative estimate of drug-likeness (QED) is 0.476. The molecule has 2 amide bonds. The van der Waals surface area contributed by atoms with Crippen molar-refractivity contribution >= 4 is 55.6 Å². The Hall–Kier alpha value is -0.960. The molecule has 3 aliphatic rings. The minimum Gasteiger partial charge on any atom is -0.481 e. The molecular weight excluding hydrogens is 438 g/mol. The molecule has 23 heavy (non-hydrogen) atoms. The fraction of sp³-hybridized carbons (Fsp3) is 0.714. The number of likely N-dealkylation sites (tertiary alicyclic amines) is 1. The van der Waals surface area contributed by atoms with E-state index in [9.17, 15) is 24.3 Å². The van der Waals surface area contributed by atoms with E-state index >= 15 is 0 Å². The van der Waals surface area contributed by atoms with Crippen molar-refractivity contribution in [3.8, 4) is 0 Å². The van der Waals surface area contributed by atoms with Crippen LogP contribution in [0.1, 0.15) is 19.3 Å². The molecule has 9 heteroatoms. The van der Waals surface area contributed by atoms with E-state index in [0.717, 1.165) is 11.3 Å². The Kier molecular flexibility index (Phi) is 4.29. The van der Waals surface area contributed by atoms with Crippen molar-refractivity contribution in [3.63, 3.8) is 0 Å². The van der Waals surface area contributed by atoms with Gasteiger partial charge in [0.2, 0.25) is 11.8 Å².